The summed E-state index contributed by atoms with van der Waals surface area (Å²) in [7, 11) is 1.66. The lowest BCUT2D eigenvalue weighted by atomic mass is 10.0. The van der Waals surface area contributed by atoms with Gasteiger partial charge in [-0.1, -0.05) is 30.3 Å². The van der Waals surface area contributed by atoms with E-state index in [0.29, 0.717) is 19.6 Å². The summed E-state index contributed by atoms with van der Waals surface area (Å²) in [6, 6.07) is 15.7. The highest BCUT2D eigenvalue weighted by atomic mass is 35.5. The van der Waals surface area contributed by atoms with Crippen LogP contribution in [0.2, 0.25) is 0 Å². The van der Waals surface area contributed by atoms with Crippen molar-refractivity contribution in [2.24, 2.45) is 0 Å². The SMILES string of the molecule is COc1ccccc1-c1cccc(NC(=O)CC2COCCN2)c1.Cl. The average Bonchev–Trinajstić information content (AvgIpc) is 2.62. The molecule has 1 saturated heterocycles. The van der Waals surface area contributed by atoms with Crippen molar-refractivity contribution in [3.63, 3.8) is 0 Å². The van der Waals surface area contributed by atoms with Crippen molar-refractivity contribution in [1.29, 1.82) is 0 Å². The Balaban J connectivity index is 0.00000225. The summed E-state index contributed by atoms with van der Waals surface area (Å²) in [5.74, 6) is 0.791. The van der Waals surface area contributed by atoms with E-state index in [9.17, 15) is 4.79 Å². The van der Waals surface area contributed by atoms with Gasteiger partial charge in [0.25, 0.3) is 0 Å². The molecule has 0 spiro atoms. The highest BCUT2D eigenvalue weighted by molar-refractivity contribution is 5.92. The number of amides is 1. The first-order valence-electron chi connectivity index (χ1n) is 8.10. The van der Waals surface area contributed by atoms with Gasteiger partial charge in [-0.15, -0.1) is 12.4 Å². The first-order chi connectivity index (χ1) is 11.8. The molecule has 1 unspecified atom stereocenters. The molecule has 3 rings (SSSR count). The normalized spacial score (nSPS) is 16.6. The van der Waals surface area contributed by atoms with Crippen LogP contribution in [0.4, 0.5) is 5.69 Å². The molecular formula is C19H23ClN2O3. The van der Waals surface area contributed by atoms with Crippen molar-refractivity contribution >= 4 is 24.0 Å². The Morgan fingerprint density at radius 2 is 2.12 bits per heavy atom. The van der Waals surface area contributed by atoms with Crippen molar-refractivity contribution in [3.8, 4) is 16.9 Å². The molecule has 1 amide bonds. The van der Waals surface area contributed by atoms with Crippen molar-refractivity contribution in [3.05, 3.63) is 48.5 Å². The molecule has 2 aromatic rings. The van der Waals surface area contributed by atoms with E-state index >= 15 is 0 Å². The first-order valence-corrected chi connectivity index (χ1v) is 8.10. The second kappa shape index (κ2) is 9.42. The van der Waals surface area contributed by atoms with E-state index in [1.165, 1.54) is 0 Å². The fourth-order valence-corrected chi connectivity index (χ4v) is 2.83. The van der Waals surface area contributed by atoms with Gasteiger partial charge in [-0.2, -0.15) is 0 Å². The maximum absolute atomic E-state index is 12.2. The zero-order valence-electron chi connectivity index (χ0n) is 14.2. The van der Waals surface area contributed by atoms with E-state index in [2.05, 4.69) is 10.6 Å². The molecule has 1 aliphatic rings. The summed E-state index contributed by atoms with van der Waals surface area (Å²) >= 11 is 0. The number of ether oxygens (including phenoxy) is 2. The van der Waals surface area contributed by atoms with Gasteiger partial charge in [0.2, 0.25) is 5.91 Å². The van der Waals surface area contributed by atoms with Gasteiger partial charge < -0.3 is 20.1 Å². The van der Waals surface area contributed by atoms with E-state index in [-0.39, 0.29) is 24.4 Å². The summed E-state index contributed by atoms with van der Waals surface area (Å²) in [6.45, 7) is 2.08. The molecule has 0 bridgehead atoms. The average molecular weight is 363 g/mol. The lowest BCUT2D eigenvalue weighted by Crippen LogP contribution is -2.43. The minimum absolute atomic E-state index is 0. The second-order valence-electron chi connectivity index (χ2n) is 5.76. The maximum atomic E-state index is 12.2. The predicted octanol–water partition coefficient (Wildman–Crippen LogP) is 3.10. The number of halogens is 1. The Kier molecular flexibility index (Phi) is 7.25. The fourth-order valence-electron chi connectivity index (χ4n) is 2.83. The van der Waals surface area contributed by atoms with Gasteiger partial charge in [0.05, 0.1) is 20.3 Å². The Bertz CT molecular complexity index is 703. The molecule has 6 heteroatoms. The number of methoxy groups -OCH3 is 1. The predicted molar refractivity (Wildman–Crippen MR) is 102 cm³/mol. The highest BCUT2D eigenvalue weighted by Crippen LogP contribution is 2.30. The highest BCUT2D eigenvalue weighted by Gasteiger charge is 2.17. The number of carbonyl (C=O) groups is 1. The lowest BCUT2D eigenvalue weighted by Gasteiger charge is -2.23. The fraction of sp³-hybridized carbons (Fsp3) is 0.316. The molecule has 2 aromatic carbocycles. The summed E-state index contributed by atoms with van der Waals surface area (Å²) in [5, 5.41) is 6.25. The molecular weight excluding hydrogens is 340 g/mol. The first kappa shape index (κ1) is 19.2. The summed E-state index contributed by atoms with van der Waals surface area (Å²) in [6.07, 6.45) is 0.402. The van der Waals surface area contributed by atoms with Crippen molar-refractivity contribution in [2.45, 2.75) is 12.5 Å². The number of benzene rings is 2. The van der Waals surface area contributed by atoms with E-state index in [4.69, 9.17) is 9.47 Å². The number of rotatable bonds is 5. The molecule has 134 valence electrons. The third kappa shape index (κ3) is 5.19. The molecule has 5 nitrogen and oxygen atoms in total. The van der Waals surface area contributed by atoms with Crippen LogP contribution >= 0.6 is 12.4 Å². The Morgan fingerprint density at radius 3 is 2.88 bits per heavy atom. The van der Waals surface area contributed by atoms with Gasteiger partial charge in [0.15, 0.2) is 0 Å². The number of para-hydroxylation sites is 1. The topological polar surface area (TPSA) is 59.6 Å². The van der Waals surface area contributed by atoms with Crippen molar-refractivity contribution in [2.75, 3.05) is 32.2 Å². The standard InChI is InChI=1S/C19H22N2O3.ClH/c1-23-18-8-3-2-7-17(18)14-5-4-6-15(11-14)21-19(22)12-16-13-24-10-9-20-16;/h2-8,11,16,20H,9-10,12-13H2,1H3,(H,21,22);1H. The van der Waals surface area contributed by atoms with Crippen LogP contribution in [0.15, 0.2) is 48.5 Å². The van der Waals surface area contributed by atoms with Gasteiger partial charge in [-0.05, 0) is 23.8 Å². The number of nitrogens with one attached hydrogen (secondary N) is 2. The van der Waals surface area contributed by atoms with Crippen molar-refractivity contribution < 1.29 is 14.3 Å². The van der Waals surface area contributed by atoms with Crippen LogP contribution in [0.1, 0.15) is 6.42 Å². The molecule has 2 N–H and O–H groups in total. The molecule has 1 aliphatic heterocycles. The molecule has 0 radical (unpaired) electrons. The third-order valence-electron chi connectivity index (χ3n) is 3.99. The maximum Gasteiger partial charge on any atom is 0.226 e. The lowest BCUT2D eigenvalue weighted by molar-refractivity contribution is -0.117. The van der Waals surface area contributed by atoms with Crippen molar-refractivity contribution in [1.82, 2.24) is 5.32 Å². The van der Waals surface area contributed by atoms with Gasteiger partial charge >= 0.3 is 0 Å². The number of anilines is 1. The molecule has 25 heavy (non-hydrogen) atoms. The largest absolute Gasteiger partial charge is 0.496 e. The summed E-state index contributed by atoms with van der Waals surface area (Å²) in [4.78, 5) is 12.2. The van der Waals surface area contributed by atoms with E-state index in [0.717, 1.165) is 29.1 Å². The van der Waals surface area contributed by atoms with Crippen LogP contribution in [-0.4, -0.2) is 38.8 Å². The minimum Gasteiger partial charge on any atom is -0.496 e. The summed E-state index contributed by atoms with van der Waals surface area (Å²) < 4.78 is 10.8. The second-order valence-corrected chi connectivity index (χ2v) is 5.76. The van der Waals surface area contributed by atoms with Gasteiger partial charge in [-0.25, -0.2) is 0 Å². The number of hydrogen-bond donors (Lipinski definition) is 2. The minimum atomic E-state index is -0.0184. The zero-order valence-corrected chi connectivity index (χ0v) is 15.0. The van der Waals surface area contributed by atoms with E-state index < -0.39 is 0 Å². The van der Waals surface area contributed by atoms with E-state index in [1.807, 2.05) is 48.5 Å². The van der Waals surface area contributed by atoms with E-state index in [1.54, 1.807) is 7.11 Å². The van der Waals surface area contributed by atoms with Gasteiger partial charge in [-0.3, -0.25) is 4.79 Å². The van der Waals surface area contributed by atoms with Crippen LogP contribution in [0.5, 0.6) is 5.75 Å². The van der Waals surface area contributed by atoms with Crippen LogP contribution in [0.3, 0.4) is 0 Å². The zero-order chi connectivity index (χ0) is 16.8. The Labute approximate surface area is 154 Å². The third-order valence-corrected chi connectivity index (χ3v) is 3.99. The number of carbonyl (C=O) groups excluding carboxylic acids is 1. The molecule has 1 atom stereocenters. The molecule has 1 fully saturated rings. The van der Waals surface area contributed by atoms with Crippen LogP contribution in [0, 0.1) is 0 Å². The van der Waals surface area contributed by atoms with Gasteiger partial charge in [0.1, 0.15) is 5.75 Å². The number of morpholine rings is 1. The van der Waals surface area contributed by atoms with Crippen LogP contribution < -0.4 is 15.4 Å². The number of hydrogen-bond acceptors (Lipinski definition) is 4. The monoisotopic (exact) mass is 362 g/mol. The smallest absolute Gasteiger partial charge is 0.226 e. The summed E-state index contributed by atoms with van der Waals surface area (Å²) in [5.41, 5.74) is 2.78. The Hall–Kier alpha value is -2.08. The van der Waals surface area contributed by atoms with Crippen LogP contribution in [-0.2, 0) is 9.53 Å². The molecule has 0 saturated carbocycles. The quantitative estimate of drug-likeness (QED) is 0.858. The molecule has 0 aromatic heterocycles. The molecule has 1 heterocycles. The molecule has 0 aliphatic carbocycles. The Morgan fingerprint density at radius 1 is 1.28 bits per heavy atom. The van der Waals surface area contributed by atoms with Gasteiger partial charge in [0, 0.05) is 30.3 Å². The van der Waals surface area contributed by atoms with Crippen LogP contribution in [0.25, 0.3) is 11.1 Å².